The summed E-state index contributed by atoms with van der Waals surface area (Å²) in [5, 5.41) is 12.8. The SMILES string of the molecule is CC(C)(CC(=O)OC1CCC2(C)C(CCC3(C)C4CCC5(NC(N)=O)CCCCC5C4CCC32)C1(C)C)C(=O)O. The molecule has 4 N–H and O–H groups in total. The largest absolute Gasteiger partial charge is 0.481 e. The van der Waals surface area contributed by atoms with Crippen LogP contribution in [0.25, 0.3) is 0 Å². The molecule has 226 valence electrons. The molecule has 5 rings (SSSR count). The van der Waals surface area contributed by atoms with Crippen LogP contribution in [0.15, 0.2) is 0 Å². The van der Waals surface area contributed by atoms with Gasteiger partial charge in [-0.2, -0.15) is 0 Å². The van der Waals surface area contributed by atoms with Crippen LogP contribution in [0.3, 0.4) is 0 Å². The topological polar surface area (TPSA) is 119 Å². The minimum atomic E-state index is -1.13. The van der Waals surface area contributed by atoms with Crippen LogP contribution in [0.5, 0.6) is 0 Å². The number of nitrogens with one attached hydrogen (secondary N) is 1. The van der Waals surface area contributed by atoms with Crippen LogP contribution >= 0.6 is 0 Å². The van der Waals surface area contributed by atoms with Crippen molar-refractivity contribution < 1.29 is 24.2 Å². The van der Waals surface area contributed by atoms with Crippen molar-refractivity contribution in [1.82, 2.24) is 5.32 Å². The molecule has 7 heteroatoms. The highest BCUT2D eigenvalue weighted by atomic mass is 16.5. The van der Waals surface area contributed by atoms with E-state index in [1.165, 1.54) is 44.9 Å². The predicted octanol–water partition coefficient (Wildman–Crippen LogP) is 6.68. The molecule has 0 aromatic heterocycles. The summed E-state index contributed by atoms with van der Waals surface area (Å²) >= 11 is 0. The fraction of sp³-hybridized carbons (Fsp3) is 0.909. The third kappa shape index (κ3) is 4.56. The molecule has 0 aliphatic heterocycles. The van der Waals surface area contributed by atoms with Gasteiger partial charge in [-0.1, -0.05) is 40.5 Å². The molecule has 40 heavy (non-hydrogen) atoms. The van der Waals surface area contributed by atoms with Crippen molar-refractivity contribution >= 4 is 18.0 Å². The lowest BCUT2D eigenvalue weighted by atomic mass is 9.36. The number of carbonyl (C=O) groups is 3. The van der Waals surface area contributed by atoms with E-state index in [1.54, 1.807) is 13.8 Å². The van der Waals surface area contributed by atoms with Crippen molar-refractivity contribution in [2.24, 2.45) is 57.0 Å². The first-order valence-corrected chi connectivity index (χ1v) is 16.1. The fourth-order valence-electron chi connectivity index (χ4n) is 11.7. The Morgan fingerprint density at radius 1 is 0.850 bits per heavy atom. The number of carboxylic acid groups (broad SMARTS) is 1. The van der Waals surface area contributed by atoms with Crippen molar-refractivity contribution in [3.8, 4) is 0 Å². The summed E-state index contributed by atoms with van der Waals surface area (Å²) in [6.45, 7) is 12.9. The number of fused-ring (bicyclic) bond motifs is 7. The number of rotatable bonds is 5. The van der Waals surface area contributed by atoms with Gasteiger partial charge in [0.2, 0.25) is 0 Å². The van der Waals surface area contributed by atoms with E-state index >= 15 is 0 Å². The predicted molar refractivity (Wildman–Crippen MR) is 154 cm³/mol. The summed E-state index contributed by atoms with van der Waals surface area (Å²) in [5.41, 5.74) is 4.81. The Labute approximate surface area is 241 Å². The quantitative estimate of drug-likeness (QED) is 0.325. The van der Waals surface area contributed by atoms with Crippen molar-refractivity contribution in [2.75, 3.05) is 0 Å². The Hall–Kier alpha value is -1.79. The normalized spacial score (nSPS) is 44.1. The van der Waals surface area contributed by atoms with Gasteiger partial charge >= 0.3 is 18.0 Å². The summed E-state index contributed by atoms with van der Waals surface area (Å²) in [6.07, 6.45) is 13.4. The highest BCUT2D eigenvalue weighted by molar-refractivity contribution is 5.81. The van der Waals surface area contributed by atoms with Crippen LogP contribution in [-0.2, 0) is 14.3 Å². The van der Waals surface area contributed by atoms with E-state index in [2.05, 4.69) is 33.0 Å². The molecular formula is C33H54N2O5. The molecule has 9 unspecified atom stereocenters. The van der Waals surface area contributed by atoms with Crippen molar-refractivity contribution in [3.05, 3.63) is 0 Å². The molecule has 0 bridgehead atoms. The first-order valence-electron chi connectivity index (χ1n) is 16.1. The maximum atomic E-state index is 12.9. The van der Waals surface area contributed by atoms with Gasteiger partial charge in [0, 0.05) is 11.0 Å². The molecular weight excluding hydrogens is 504 g/mol. The average Bonchev–Trinajstić information content (AvgIpc) is 2.84. The van der Waals surface area contributed by atoms with Crippen LogP contribution < -0.4 is 11.1 Å². The molecule has 5 fully saturated rings. The average molecular weight is 559 g/mol. The molecule has 0 aromatic carbocycles. The lowest BCUT2D eigenvalue weighted by Gasteiger charge is -2.70. The highest BCUT2D eigenvalue weighted by Crippen LogP contribution is 2.72. The van der Waals surface area contributed by atoms with E-state index in [1.807, 2.05) is 0 Å². The summed E-state index contributed by atoms with van der Waals surface area (Å²) in [4.78, 5) is 36.5. The van der Waals surface area contributed by atoms with Gasteiger partial charge in [-0.15, -0.1) is 0 Å². The number of hydrogen-bond donors (Lipinski definition) is 3. The van der Waals surface area contributed by atoms with Gasteiger partial charge in [-0.3, -0.25) is 9.59 Å². The zero-order chi connectivity index (χ0) is 29.3. The van der Waals surface area contributed by atoms with E-state index < -0.39 is 17.4 Å². The third-order valence-corrected chi connectivity index (χ3v) is 13.5. The van der Waals surface area contributed by atoms with E-state index in [9.17, 15) is 19.5 Å². The number of aliphatic carboxylic acids is 1. The van der Waals surface area contributed by atoms with Gasteiger partial charge < -0.3 is 20.9 Å². The number of carboxylic acids is 1. The Balaban J connectivity index is 1.35. The number of hydrogen-bond acceptors (Lipinski definition) is 4. The number of primary amides is 1. The molecule has 0 aromatic rings. The van der Waals surface area contributed by atoms with Gasteiger partial charge in [0.25, 0.3) is 0 Å². The maximum Gasteiger partial charge on any atom is 0.312 e. The maximum absolute atomic E-state index is 12.9. The van der Waals surface area contributed by atoms with Crippen LogP contribution in [-0.4, -0.2) is 34.7 Å². The molecule has 0 radical (unpaired) electrons. The number of urea groups is 1. The second kappa shape index (κ2) is 9.90. The molecule has 0 heterocycles. The van der Waals surface area contributed by atoms with Crippen LogP contribution in [0.1, 0.15) is 125 Å². The number of nitrogens with two attached hydrogens (primary N) is 1. The molecule has 0 saturated heterocycles. The number of ether oxygens (including phenoxy) is 1. The lowest BCUT2D eigenvalue weighted by molar-refractivity contribution is -0.222. The fourth-order valence-corrected chi connectivity index (χ4v) is 11.7. The van der Waals surface area contributed by atoms with Crippen LogP contribution in [0.4, 0.5) is 4.79 Å². The summed E-state index contributed by atoms with van der Waals surface area (Å²) in [6, 6.07) is -0.357. The van der Waals surface area contributed by atoms with E-state index in [0.717, 1.165) is 32.1 Å². The number of amides is 2. The molecule has 2 amide bonds. The standard InChI is InChI=1S/C33H54N2O5/c1-29(2,27(37)38)19-26(36)40-25-14-17-32(6)23(30(25,3)4)13-16-31(5)21-12-18-33(35-28(34)39)15-8-7-9-22(33)20(21)10-11-24(31)32/h20-25H,7-19H2,1-6H3,(H,37,38)(H3,34,35,39). The Morgan fingerprint density at radius 2 is 1.55 bits per heavy atom. The first kappa shape index (κ1) is 29.7. The minimum Gasteiger partial charge on any atom is -0.481 e. The third-order valence-electron chi connectivity index (χ3n) is 13.5. The molecule has 9 atom stereocenters. The lowest BCUT2D eigenvalue weighted by Crippen LogP contribution is -2.67. The van der Waals surface area contributed by atoms with Crippen LogP contribution in [0, 0.1) is 51.2 Å². The highest BCUT2D eigenvalue weighted by Gasteiger charge is 2.66. The van der Waals surface area contributed by atoms with Gasteiger partial charge in [0.05, 0.1) is 11.8 Å². The Morgan fingerprint density at radius 3 is 2.23 bits per heavy atom. The first-order chi connectivity index (χ1) is 18.6. The number of carbonyl (C=O) groups excluding carboxylic acids is 2. The van der Waals surface area contributed by atoms with Crippen molar-refractivity contribution in [1.29, 1.82) is 0 Å². The molecule has 5 saturated carbocycles. The van der Waals surface area contributed by atoms with Crippen molar-refractivity contribution in [3.63, 3.8) is 0 Å². The Kier molecular flexibility index (Phi) is 7.35. The van der Waals surface area contributed by atoms with E-state index in [4.69, 9.17) is 10.5 Å². The van der Waals surface area contributed by atoms with Gasteiger partial charge in [-0.25, -0.2) is 4.79 Å². The summed E-state index contributed by atoms with van der Waals surface area (Å²) in [7, 11) is 0. The minimum absolute atomic E-state index is 0.102. The van der Waals surface area contributed by atoms with E-state index in [-0.39, 0.29) is 40.3 Å². The zero-order valence-corrected chi connectivity index (χ0v) is 25.8. The molecule has 5 aliphatic rings. The van der Waals surface area contributed by atoms with Gasteiger partial charge in [-0.05, 0) is 118 Å². The zero-order valence-electron chi connectivity index (χ0n) is 25.8. The van der Waals surface area contributed by atoms with Gasteiger partial charge in [0.1, 0.15) is 6.10 Å². The molecule has 7 nitrogen and oxygen atoms in total. The summed E-state index contributed by atoms with van der Waals surface area (Å²) in [5.74, 6) is 1.62. The second-order valence-corrected chi connectivity index (χ2v) is 16.2. The second-order valence-electron chi connectivity index (χ2n) is 16.2. The van der Waals surface area contributed by atoms with Crippen LogP contribution in [0.2, 0.25) is 0 Å². The summed E-state index contributed by atoms with van der Waals surface area (Å²) < 4.78 is 6.09. The Bertz CT molecular complexity index is 1040. The number of esters is 1. The smallest absolute Gasteiger partial charge is 0.312 e. The monoisotopic (exact) mass is 558 g/mol. The van der Waals surface area contributed by atoms with Gasteiger partial charge in [0.15, 0.2) is 0 Å². The molecule has 5 aliphatic carbocycles. The molecule has 0 spiro atoms. The van der Waals surface area contributed by atoms with E-state index in [0.29, 0.717) is 29.6 Å². The van der Waals surface area contributed by atoms with Crippen molar-refractivity contribution in [2.45, 2.75) is 137 Å².